The SMILES string of the molecule is CCOc1cc(C=Nn2c(-c3ccc(Cl)cc3Cl)nc3ccccc3c2=O)ccc1OC(=O)c1ccc(Br)cc1. The quantitative estimate of drug-likeness (QED) is 0.104. The summed E-state index contributed by atoms with van der Waals surface area (Å²) >= 11 is 15.9. The van der Waals surface area contributed by atoms with E-state index in [1.54, 1.807) is 84.9 Å². The smallest absolute Gasteiger partial charge is 0.343 e. The number of hydrogen-bond acceptors (Lipinski definition) is 6. The highest BCUT2D eigenvalue weighted by Crippen LogP contribution is 2.31. The van der Waals surface area contributed by atoms with Crippen molar-refractivity contribution in [2.24, 2.45) is 5.10 Å². The van der Waals surface area contributed by atoms with Crippen LogP contribution in [-0.2, 0) is 0 Å². The molecule has 0 fully saturated rings. The molecule has 1 heterocycles. The van der Waals surface area contributed by atoms with E-state index in [4.69, 9.17) is 32.7 Å². The van der Waals surface area contributed by atoms with E-state index in [1.807, 2.05) is 6.92 Å². The lowest BCUT2D eigenvalue weighted by atomic mass is 10.2. The van der Waals surface area contributed by atoms with Gasteiger partial charge in [0.05, 0.1) is 34.3 Å². The molecule has 0 atom stereocenters. The van der Waals surface area contributed by atoms with E-state index in [1.165, 1.54) is 10.9 Å². The highest BCUT2D eigenvalue weighted by Gasteiger charge is 2.16. The lowest BCUT2D eigenvalue weighted by Gasteiger charge is -2.12. The average molecular weight is 637 g/mol. The second kappa shape index (κ2) is 12.0. The average Bonchev–Trinajstić information content (AvgIpc) is 2.94. The molecule has 200 valence electrons. The Labute approximate surface area is 247 Å². The Balaban J connectivity index is 1.53. The van der Waals surface area contributed by atoms with Crippen molar-refractivity contribution in [3.63, 3.8) is 0 Å². The molecule has 0 aliphatic heterocycles. The van der Waals surface area contributed by atoms with Crippen molar-refractivity contribution in [2.75, 3.05) is 6.61 Å². The first-order chi connectivity index (χ1) is 19.3. The molecule has 0 radical (unpaired) electrons. The molecule has 0 saturated carbocycles. The monoisotopic (exact) mass is 635 g/mol. The number of halogens is 3. The van der Waals surface area contributed by atoms with Crippen LogP contribution in [0, 0.1) is 0 Å². The van der Waals surface area contributed by atoms with Gasteiger partial charge < -0.3 is 9.47 Å². The Morgan fingerprint density at radius 1 is 1.00 bits per heavy atom. The van der Waals surface area contributed by atoms with Crippen LogP contribution in [0.4, 0.5) is 0 Å². The Morgan fingerprint density at radius 3 is 2.52 bits per heavy atom. The highest BCUT2D eigenvalue weighted by molar-refractivity contribution is 9.10. The summed E-state index contributed by atoms with van der Waals surface area (Å²) in [6.45, 7) is 2.17. The zero-order valence-electron chi connectivity index (χ0n) is 21.0. The molecule has 0 saturated heterocycles. The van der Waals surface area contributed by atoms with Crippen molar-refractivity contribution >= 4 is 62.2 Å². The lowest BCUT2D eigenvalue weighted by Crippen LogP contribution is -2.20. The van der Waals surface area contributed by atoms with Gasteiger partial charge in [0.1, 0.15) is 0 Å². The molecule has 7 nitrogen and oxygen atoms in total. The maximum absolute atomic E-state index is 13.5. The molecule has 40 heavy (non-hydrogen) atoms. The van der Waals surface area contributed by atoms with Crippen LogP contribution in [0.5, 0.6) is 11.5 Å². The molecule has 4 aromatic carbocycles. The lowest BCUT2D eigenvalue weighted by molar-refractivity contribution is 0.0728. The van der Waals surface area contributed by atoms with Gasteiger partial charge in [-0.25, -0.2) is 9.78 Å². The van der Waals surface area contributed by atoms with E-state index in [-0.39, 0.29) is 17.1 Å². The van der Waals surface area contributed by atoms with Crippen LogP contribution in [0.1, 0.15) is 22.8 Å². The fraction of sp³-hybridized carbons (Fsp3) is 0.0667. The molecule has 1 aromatic heterocycles. The molecular weight excluding hydrogens is 617 g/mol. The molecule has 5 aromatic rings. The fourth-order valence-electron chi connectivity index (χ4n) is 3.90. The summed E-state index contributed by atoms with van der Waals surface area (Å²) in [6.07, 6.45) is 1.49. The number of carbonyl (C=O) groups is 1. The van der Waals surface area contributed by atoms with Crippen molar-refractivity contribution in [1.29, 1.82) is 0 Å². The number of fused-ring (bicyclic) bond motifs is 1. The van der Waals surface area contributed by atoms with Crippen molar-refractivity contribution in [1.82, 2.24) is 9.66 Å². The van der Waals surface area contributed by atoms with Crippen molar-refractivity contribution in [3.8, 4) is 22.9 Å². The molecular formula is C30H20BrCl2N3O4. The Hall–Kier alpha value is -3.98. The highest BCUT2D eigenvalue weighted by atomic mass is 79.9. The van der Waals surface area contributed by atoms with Crippen molar-refractivity contribution < 1.29 is 14.3 Å². The van der Waals surface area contributed by atoms with Crippen LogP contribution in [-0.4, -0.2) is 28.5 Å². The van der Waals surface area contributed by atoms with Crippen LogP contribution in [0.2, 0.25) is 10.0 Å². The standard InChI is InChI=1S/C30H20BrCl2N3O4/c1-2-39-27-15-18(7-14-26(27)40-30(38)19-8-10-20(31)11-9-19)17-34-36-28(22-13-12-21(32)16-24(22)33)35-25-6-4-3-5-23(25)29(36)37/h3-17H,2H2,1H3. The Morgan fingerprint density at radius 2 is 1.77 bits per heavy atom. The van der Waals surface area contributed by atoms with Gasteiger partial charge in [-0.2, -0.15) is 9.78 Å². The van der Waals surface area contributed by atoms with E-state index >= 15 is 0 Å². The van der Waals surface area contributed by atoms with Gasteiger partial charge in [0.2, 0.25) is 0 Å². The number of aromatic nitrogens is 2. The zero-order valence-corrected chi connectivity index (χ0v) is 24.1. The number of hydrogen-bond donors (Lipinski definition) is 0. The Bertz CT molecular complexity index is 1820. The number of para-hydroxylation sites is 1. The fourth-order valence-corrected chi connectivity index (χ4v) is 4.66. The van der Waals surface area contributed by atoms with Gasteiger partial charge in [-0.1, -0.05) is 51.3 Å². The molecule has 0 aliphatic rings. The molecule has 0 spiro atoms. The molecule has 0 amide bonds. The van der Waals surface area contributed by atoms with Crippen LogP contribution in [0.25, 0.3) is 22.3 Å². The van der Waals surface area contributed by atoms with Crippen LogP contribution < -0.4 is 15.0 Å². The molecule has 5 rings (SSSR count). The molecule has 0 bridgehead atoms. The van der Waals surface area contributed by atoms with Crippen molar-refractivity contribution in [2.45, 2.75) is 6.92 Å². The predicted molar refractivity (Wildman–Crippen MR) is 161 cm³/mol. The predicted octanol–water partition coefficient (Wildman–Crippen LogP) is 7.63. The molecule has 0 unspecified atom stereocenters. The van der Waals surface area contributed by atoms with Gasteiger partial charge >= 0.3 is 5.97 Å². The van der Waals surface area contributed by atoms with Crippen molar-refractivity contribution in [3.05, 3.63) is 121 Å². The van der Waals surface area contributed by atoms with Crippen LogP contribution >= 0.6 is 39.1 Å². The topological polar surface area (TPSA) is 82.8 Å². The number of benzene rings is 4. The largest absolute Gasteiger partial charge is 0.490 e. The summed E-state index contributed by atoms with van der Waals surface area (Å²) in [5.41, 5.74) is 1.63. The maximum Gasteiger partial charge on any atom is 0.343 e. The number of nitrogens with zero attached hydrogens (tertiary/aromatic N) is 3. The minimum atomic E-state index is -0.520. The third-order valence-electron chi connectivity index (χ3n) is 5.80. The first-order valence-corrected chi connectivity index (χ1v) is 13.6. The van der Waals surface area contributed by atoms with Crippen LogP contribution in [0.15, 0.2) is 99.3 Å². The zero-order chi connectivity index (χ0) is 28.2. The van der Waals surface area contributed by atoms with E-state index in [9.17, 15) is 9.59 Å². The number of carbonyl (C=O) groups excluding carboxylic acids is 1. The van der Waals surface area contributed by atoms with Gasteiger partial charge in [0, 0.05) is 15.1 Å². The van der Waals surface area contributed by atoms with Gasteiger partial charge in [-0.05, 0) is 85.3 Å². The van der Waals surface area contributed by atoms with Gasteiger partial charge in [-0.3, -0.25) is 4.79 Å². The first-order valence-electron chi connectivity index (χ1n) is 12.1. The van der Waals surface area contributed by atoms with Crippen LogP contribution in [0.3, 0.4) is 0 Å². The van der Waals surface area contributed by atoms with E-state index in [2.05, 4.69) is 26.0 Å². The van der Waals surface area contributed by atoms with E-state index in [0.29, 0.717) is 50.0 Å². The summed E-state index contributed by atoms with van der Waals surface area (Å²) in [5.74, 6) is 0.340. The van der Waals surface area contributed by atoms with Gasteiger partial charge in [-0.15, -0.1) is 0 Å². The summed E-state index contributed by atoms with van der Waals surface area (Å²) < 4.78 is 13.4. The number of rotatable bonds is 7. The maximum atomic E-state index is 13.5. The third kappa shape index (κ3) is 5.94. The van der Waals surface area contributed by atoms with Gasteiger partial charge in [0.25, 0.3) is 5.56 Å². The van der Waals surface area contributed by atoms with E-state index in [0.717, 1.165) is 4.47 Å². The Kier molecular flexibility index (Phi) is 8.30. The van der Waals surface area contributed by atoms with E-state index < -0.39 is 5.97 Å². The molecule has 0 N–H and O–H groups in total. The first kappa shape index (κ1) is 27.6. The minimum absolute atomic E-state index is 0.255. The molecule has 10 heteroatoms. The van der Waals surface area contributed by atoms with Gasteiger partial charge in [0.15, 0.2) is 17.3 Å². The summed E-state index contributed by atoms with van der Waals surface area (Å²) in [7, 11) is 0. The number of esters is 1. The normalized spacial score (nSPS) is 11.2. The summed E-state index contributed by atoms with van der Waals surface area (Å²) in [5, 5.41) is 5.66. The summed E-state index contributed by atoms with van der Waals surface area (Å²) in [6, 6.07) is 23.8. The second-order valence-electron chi connectivity index (χ2n) is 8.47. The third-order valence-corrected chi connectivity index (χ3v) is 6.87. The summed E-state index contributed by atoms with van der Waals surface area (Å²) in [4.78, 5) is 30.8. The number of ether oxygens (including phenoxy) is 2. The molecule has 0 aliphatic carbocycles. The second-order valence-corrected chi connectivity index (χ2v) is 10.2. The minimum Gasteiger partial charge on any atom is -0.490 e.